The van der Waals surface area contributed by atoms with Gasteiger partial charge in [0, 0.05) is 132 Å². The number of ether oxygens (including phenoxy) is 2. The number of anilines is 2. The van der Waals surface area contributed by atoms with E-state index in [4.69, 9.17) is 9.47 Å². The van der Waals surface area contributed by atoms with Gasteiger partial charge in [0.05, 0.1) is 5.69 Å². The lowest BCUT2D eigenvalue weighted by atomic mass is 9.92. The summed E-state index contributed by atoms with van der Waals surface area (Å²) in [6.45, 7) is 8.57. The molecule has 0 saturated carbocycles. The molecule has 0 aliphatic carbocycles. The number of aromatic amines is 2. The largest absolute Gasteiger partial charge is 0.436 e. The zero-order valence-electron chi connectivity index (χ0n) is 52.1. The Morgan fingerprint density at radius 3 is 1.44 bits per heavy atom. The number of para-hydroxylation sites is 2. The number of amides is 8. The number of carbonyl (C=O) groups is 6. The second kappa shape index (κ2) is 27.4. The highest BCUT2D eigenvalue weighted by molar-refractivity contribution is 5.94. The van der Waals surface area contributed by atoms with Crippen molar-refractivity contribution in [3.05, 3.63) is 166 Å². The standard InChI is InChI=1S/C34H37FN8O4.C34H38N8O4/c1-21-17-22(18-28-30(21)39-40-38-28)19-29(32(44)41-13-8-23(9-14-41)27-7-2-3-12-36-27)47-34(46)42-15-10-25(11-16-42)43-20-24-5-4-6-26(35)31(24)37-33(43)45;1-22-18-23(19-29-31(22)38-39-37-29)20-30(32(43)40-14-9-24(10-15-40)27-7-4-5-13-35-27)46-34(45)41-16-11-26(12-17-41)42-21-25-6-2-3-8-28(25)36-33(42)44/h2-7,12,17-18,23,25,29H,8-11,13-16,19-20H2,1H3,(H,37,45)(H,38,39,40);2-8,13,18-19,24,26,30H,9-12,14-17,20-21H2,1H3,(H,36,44)(H,37,38,39). The number of piperidine rings is 4. The Bertz CT molecular complexity index is 4030. The number of hydrogen-bond donors (Lipinski definition) is 4. The molecule has 4 fully saturated rings. The zero-order chi connectivity index (χ0) is 64.1. The van der Waals surface area contributed by atoms with Gasteiger partial charge in [-0.05, 0) is 147 Å². The highest BCUT2D eigenvalue weighted by atomic mass is 19.1. The normalized spacial score (nSPS) is 18.2. The number of fused-ring (bicyclic) bond motifs is 4. The van der Waals surface area contributed by atoms with Crippen molar-refractivity contribution in [2.75, 3.05) is 63.0 Å². The predicted molar refractivity (Wildman–Crippen MR) is 342 cm³/mol. The maximum atomic E-state index is 14.2. The Morgan fingerprint density at radius 2 is 0.957 bits per heavy atom. The molecule has 6 aliphatic rings. The summed E-state index contributed by atoms with van der Waals surface area (Å²) in [5, 5.41) is 27.8. The monoisotopic (exact) mass is 1260 g/mol. The van der Waals surface area contributed by atoms with Crippen LogP contribution in [0.3, 0.4) is 0 Å². The van der Waals surface area contributed by atoms with Gasteiger partial charge in [-0.3, -0.25) is 19.6 Å². The number of benzene rings is 4. The van der Waals surface area contributed by atoms with Crippen LogP contribution in [0.4, 0.5) is 34.9 Å². The highest BCUT2D eigenvalue weighted by Gasteiger charge is 2.39. The molecular formula is C68H75FN16O8. The van der Waals surface area contributed by atoms with Gasteiger partial charge in [-0.2, -0.15) is 30.8 Å². The van der Waals surface area contributed by atoms with Crippen molar-refractivity contribution in [1.82, 2.24) is 70.2 Å². The first kappa shape index (κ1) is 61.8. The van der Waals surface area contributed by atoms with E-state index < -0.39 is 30.2 Å². The topological polar surface area (TPSA) is 273 Å². The molecule has 24 nitrogen and oxygen atoms in total. The van der Waals surface area contributed by atoms with Gasteiger partial charge in [0.15, 0.2) is 12.2 Å². The molecule has 93 heavy (non-hydrogen) atoms. The van der Waals surface area contributed by atoms with E-state index in [0.29, 0.717) is 108 Å². The molecule has 6 aliphatic heterocycles. The lowest BCUT2D eigenvalue weighted by Crippen LogP contribution is -2.52. The van der Waals surface area contributed by atoms with E-state index >= 15 is 0 Å². The van der Waals surface area contributed by atoms with Gasteiger partial charge < -0.3 is 49.5 Å². The number of carbonyl (C=O) groups excluding carboxylic acids is 6. The van der Waals surface area contributed by atoms with Crippen molar-refractivity contribution >= 4 is 69.5 Å². The van der Waals surface area contributed by atoms with Gasteiger partial charge in [0.2, 0.25) is 0 Å². The summed E-state index contributed by atoms with van der Waals surface area (Å²) in [6, 6.07) is 31.5. The van der Waals surface area contributed by atoms with Gasteiger partial charge in [0.25, 0.3) is 11.8 Å². The molecule has 8 aromatic rings. The molecule has 0 bridgehead atoms. The third kappa shape index (κ3) is 13.8. The van der Waals surface area contributed by atoms with Crippen LogP contribution < -0.4 is 10.6 Å². The Balaban J connectivity index is 0.000000169. The fourth-order valence-electron chi connectivity index (χ4n) is 14.0. The van der Waals surface area contributed by atoms with Crippen molar-refractivity contribution in [2.45, 2.75) is 127 Å². The van der Waals surface area contributed by atoms with Gasteiger partial charge >= 0.3 is 24.2 Å². The molecule has 4 aromatic carbocycles. The number of pyridine rings is 2. The van der Waals surface area contributed by atoms with E-state index in [2.05, 4.69) is 51.4 Å². The van der Waals surface area contributed by atoms with Crippen LogP contribution in [0.1, 0.15) is 108 Å². The van der Waals surface area contributed by atoms with Crippen LogP contribution in [-0.2, 0) is 45.0 Å². The maximum Gasteiger partial charge on any atom is 0.410 e. The van der Waals surface area contributed by atoms with Crippen molar-refractivity contribution in [2.24, 2.45) is 0 Å². The molecule has 2 unspecified atom stereocenters. The molecule has 4 saturated heterocycles. The van der Waals surface area contributed by atoms with Gasteiger partial charge in [-0.25, -0.2) is 23.6 Å². The summed E-state index contributed by atoms with van der Waals surface area (Å²) in [5.41, 5.74) is 11.4. The molecule has 0 spiro atoms. The molecule has 4 aromatic heterocycles. The predicted octanol–water partition coefficient (Wildman–Crippen LogP) is 9.39. The minimum absolute atomic E-state index is 0.00685. The minimum Gasteiger partial charge on any atom is -0.436 e. The van der Waals surface area contributed by atoms with Crippen molar-refractivity contribution < 1.29 is 42.6 Å². The van der Waals surface area contributed by atoms with E-state index in [0.717, 1.165) is 87.2 Å². The lowest BCUT2D eigenvalue weighted by molar-refractivity contribution is -0.142. The SMILES string of the molecule is Cc1cc(CC(OC(=O)N2CCC(N3Cc4cccc(F)c4NC3=O)CC2)C(=O)N2CCC(c3ccccn3)CC2)cc2n[nH]nc12.Cc1cc(CC(OC(=O)N2CCC(N3Cc4ccccc4NC3=O)CC2)C(=O)N2CCC(c3ccccn3)CC2)cc2n[nH]nc12. The molecular weight excluding hydrogens is 1190 g/mol. The smallest absolute Gasteiger partial charge is 0.410 e. The summed E-state index contributed by atoms with van der Waals surface area (Å²) < 4.78 is 26.3. The molecule has 482 valence electrons. The van der Waals surface area contributed by atoms with Crippen LogP contribution in [0.2, 0.25) is 0 Å². The second-order valence-electron chi connectivity index (χ2n) is 25.1. The van der Waals surface area contributed by atoms with Crippen LogP contribution >= 0.6 is 0 Å². The van der Waals surface area contributed by atoms with E-state index in [1.807, 2.05) is 109 Å². The van der Waals surface area contributed by atoms with Crippen molar-refractivity contribution in [1.29, 1.82) is 0 Å². The number of urea groups is 2. The Morgan fingerprint density at radius 1 is 0.516 bits per heavy atom. The van der Waals surface area contributed by atoms with Gasteiger partial charge in [-0.15, -0.1) is 0 Å². The molecule has 14 rings (SSSR count). The fraction of sp³-hybridized carbons (Fsp3) is 0.412. The zero-order valence-corrected chi connectivity index (χ0v) is 52.1. The van der Waals surface area contributed by atoms with Crippen molar-refractivity contribution in [3.8, 4) is 0 Å². The number of H-pyrrole nitrogens is 2. The summed E-state index contributed by atoms with van der Waals surface area (Å²) in [6.07, 6.45) is 6.47. The van der Waals surface area contributed by atoms with E-state index in [-0.39, 0.29) is 60.4 Å². The number of rotatable bonds is 12. The van der Waals surface area contributed by atoms with Crippen LogP contribution in [0, 0.1) is 19.7 Å². The van der Waals surface area contributed by atoms with E-state index in [1.54, 1.807) is 44.1 Å². The number of aryl methyl sites for hydroxylation is 2. The number of likely N-dealkylation sites (tertiary alicyclic amines) is 4. The number of hydrogen-bond acceptors (Lipinski definition) is 14. The maximum absolute atomic E-state index is 14.2. The van der Waals surface area contributed by atoms with Crippen LogP contribution in [0.15, 0.2) is 116 Å². The quantitative estimate of drug-likeness (QED) is 0.0887. The Labute approximate surface area is 536 Å². The van der Waals surface area contributed by atoms with Gasteiger partial charge in [0.1, 0.15) is 27.9 Å². The Hall–Kier alpha value is -10.1. The average Bonchev–Trinajstić information content (AvgIpc) is 1.38. The minimum atomic E-state index is -1.02. The molecule has 0 radical (unpaired) electrons. The lowest BCUT2D eigenvalue weighted by Gasteiger charge is -2.40. The van der Waals surface area contributed by atoms with Crippen LogP contribution in [0.25, 0.3) is 22.1 Å². The first-order valence-electron chi connectivity index (χ1n) is 32.2. The van der Waals surface area contributed by atoms with E-state index in [1.165, 1.54) is 6.07 Å². The van der Waals surface area contributed by atoms with Crippen molar-refractivity contribution in [3.63, 3.8) is 0 Å². The molecule has 8 amide bonds. The number of nitrogens with one attached hydrogen (secondary N) is 4. The Kier molecular flexibility index (Phi) is 18.2. The third-order valence-electron chi connectivity index (χ3n) is 19.2. The van der Waals surface area contributed by atoms with Crippen LogP contribution in [-0.4, -0.2) is 183 Å². The summed E-state index contributed by atoms with van der Waals surface area (Å²) in [5.74, 6) is -0.300. The molecule has 10 heterocycles. The second-order valence-corrected chi connectivity index (χ2v) is 25.1. The number of aromatic nitrogens is 8. The summed E-state index contributed by atoms with van der Waals surface area (Å²) in [4.78, 5) is 100. The number of nitrogens with zero attached hydrogens (tertiary/aromatic N) is 12. The fourth-order valence-corrected chi connectivity index (χ4v) is 14.0. The summed E-state index contributed by atoms with van der Waals surface area (Å²) in [7, 11) is 0. The van der Waals surface area contributed by atoms with Gasteiger partial charge in [-0.1, -0.05) is 54.6 Å². The molecule has 25 heteroatoms. The first-order chi connectivity index (χ1) is 45.3. The summed E-state index contributed by atoms with van der Waals surface area (Å²) >= 11 is 0. The average molecular weight is 1260 g/mol. The third-order valence-corrected chi connectivity index (χ3v) is 19.2. The highest BCUT2D eigenvalue weighted by Crippen LogP contribution is 2.34. The molecule has 4 N–H and O–H groups in total. The van der Waals surface area contributed by atoms with Crippen LogP contribution in [0.5, 0.6) is 0 Å². The number of halogens is 1. The molecule has 2 atom stereocenters. The van der Waals surface area contributed by atoms with E-state index in [9.17, 15) is 33.2 Å². The first-order valence-corrected chi connectivity index (χ1v) is 32.2.